The number of carbonyl (C=O) groups is 2. The molecule has 1 aromatic rings. The van der Waals surface area contributed by atoms with E-state index in [-0.39, 0.29) is 46.5 Å². The number of β-lactam (4-membered cyclic amide) rings is 1. The molecule has 0 unspecified atom stereocenters. The molecule has 4 heterocycles. The van der Waals surface area contributed by atoms with Gasteiger partial charge in [0.25, 0.3) is 5.91 Å². The third kappa shape index (κ3) is 2.23. The monoisotopic (exact) mass is 345 g/mol. The van der Waals surface area contributed by atoms with E-state index in [4.69, 9.17) is 0 Å². The first kappa shape index (κ1) is 16.0. The van der Waals surface area contributed by atoms with E-state index in [1.165, 1.54) is 22.1 Å². The van der Waals surface area contributed by atoms with E-state index in [1.807, 2.05) is 4.57 Å². The van der Waals surface area contributed by atoms with Gasteiger partial charge >= 0.3 is 29.6 Å². The Labute approximate surface area is 154 Å². The number of hydrogen-bond acceptors (Lipinski definition) is 6. The molecule has 0 N–H and O–H groups in total. The smallest absolute Gasteiger partial charge is 0.543 e. The molecule has 0 bridgehead atoms. The number of hydrogen-bond donors (Lipinski definition) is 0. The average molecular weight is 345 g/mol. The number of carboxylic acids is 1. The van der Waals surface area contributed by atoms with Crippen molar-refractivity contribution in [1.82, 2.24) is 14.5 Å². The second-order valence-corrected chi connectivity index (χ2v) is 7.16. The van der Waals surface area contributed by atoms with Crippen LogP contribution in [0.25, 0.3) is 6.08 Å². The van der Waals surface area contributed by atoms with E-state index in [0.29, 0.717) is 28.7 Å². The minimum absolute atomic E-state index is 0. The normalized spacial score (nSPS) is 27.1. The molecule has 3 aliphatic rings. The molecule has 3 aliphatic heterocycles. The van der Waals surface area contributed by atoms with Gasteiger partial charge in [-0.1, -0.05) is 0 Å². The zero-order valence-electron chi connectivity index (χ0n) is 11.5. The summed E-state index contributed by atoms with van der Waals surface area (Å²) < 4.78 is 13.5. The van der Waals surface area contributed by atoms with Crippen LogP contribution < -0.4 is 34.7 Å². The van der Waals surface area contributed by atoms with Crippen LogP contribution in [0.5, 0.6) is 0 Å². The fourth-order valence-electron chi connectivity index (χ4n) is 2.52. The van der Waals surface area contributed by atoms with Crippen LogP contribution in [-0.2, 0) is 26.9 Å². The van der Waals surface area contributed by atoms with Gasteiger partial charge < -0.3 is 14.5 Å². The zero-order chi connectivity index (χ0) is 14.7. The van der Waals surface area contributed by atoms with Crippen LogP contribution >= 0.6 is 11.8 Å². The fraction of sp³-hybridized carbons (Fsp3) is 0.250. The van der Waals surface area contributed by atoms with Gasteiger partial charge in [0.2, 0.25) is 0 Å². The second-order valence-electron chi connectivity index (χ2n) is 4.75. The van der Waals surface area contributed by atoms with Crippen molar-refractivity contribution in [3.05, 3.63) is 28.6 Å². The molecule has 2 atom stereocenters. The van der Waals surface area contributed by atoms with Crippen LogP contribution in [0.4, 0.5) is 0 Å². The van der Waals surface area contributed by atoms with Crippen molar-refractivity contribution in [2.75, 3.05) is 5.75 Å². The van der Waals surface area contributed by atoms with E-state index in [1.54, 1.807) is 12.3 Å². The average Bonchev–Trinajstić information content (AvgIpc) is 3.10. The first-order chi connectivity index (χ1) is 10.1. The Bertz CT molecular complexity index is 785. The molecule has 108 valence electrons. The Kier molecular flexibility index (Phi) is 4.11. The molecule has 7 nitrogen and oxygen atoms in total. The second kappa shape index (κ2) is 5.64. The van der Waals surface area contributed by atoms with E-state index in [9.17, 15) is 18.9 Å². The van der Waals surface area contributed by atoms with Gasteiger partial charge in [0.05, 0.1) is 33.7 Å². The van der Waals surface area contributed by atoms with Crippen LogP contribution in [0, 0.1) is 0 Å². The molecule has 1 aromatic heterocycles. The summed E-state index contributed by atoms with van der Waals surface area (Å²) in [6.07, 6.45) is 3.39. The summed E-state index contributed by atoms with van der Waals surface area (Å²) in [5.74, 6) is -1.13. The summed E-state index contributed by atoms with van der Waals surface area (Å²) >= 11 is 1.25. The molecule has 1 fully saturated rings. The van der Waals surface area contributed by atoms with Crippen molar-refractivity contribution in [2.45, 2.75) is 17.1 Å². The molecular weight excluding hydrogens is 337 g/mol. The number of rotatable bonds is 2. The van der Waals surface area contributed by atoms with Crippen molar-refractivity contribution >= 4 is 40.5 Å². The number of amides is 1. The predicted octanol–water partition coefficient (Wildman–Crippen LogP) is -4.10. The maximum atomic E-state index is 12.0. The topological polar surface area (TPSA) is 95.3 Å². The molecule has 22 heavy (non-hydrogen) atoms. The number of aryl methyl sites for hydroxylation is 1. The largest absolute Gasteiger partial charge is 1.00 e. The SMILES string of the molecule is O=C([O-])C1=CS[C@@H]2/C(=C\c3cn4c(n3)[S@@](=O)CC4)C(=O)N12.[Na+]. The maximum Gasteiger partial charge on any atom is 1.00 e. The molecule has 0 radical (unpaired) electrons. The Morgan fingerprint density at radius 2 is 2.32 bits per heavy atom. The van der Waals surface area contributed by atoms with Gasteiger partial charge in [0.1, 0.15) is 5.37 Å². The molecule has 0 spiro atoms. The third-order valence-electron chi connectivity index (χ3n) is 3.53. The number of thioether (sulfide) groups is 1. The van der Waals surface area contributed by atoms with Crippen molar-refractivity contribution in [3.8, 4) is 0 Å². The molecule has 4 rings (SSSR count). The first-order valence-corrected chi connectivity index (χ1v) is 8.40. The number of aromatic nitrogens is 2. The number of carboxylic acid groups (broad SMARTS) is 1. The summed E-state index contributed by atoms with van der Waals surface area (Å²) in [5.41, 5.74) is 0.971. The number of aliphatic carboxylic acids is 1. The van der Waals surface area contributed by atoms with E-state index in [2.05, 4.69) is 4.98 Å². The Morgan fingerprint density at radius 1 is 1.55 bits per heavy atom. The van der Waals surface area contributed by atoms with Crippen LogP contribution in [0.3, 0.4) is 0 Å². The fourth-order valence-corrected chi connectivity index (χ4v) is 4.79. The molecule has 0 aliphatic carbocycles. The molecule has 0 aromatic carbocycles. The van der Waals surface area contributed by atoms with Gasteiger partial charge in [-0.3, -0.25) is 13.9 Å². The van der Waals surface area contributed by atoms with Crippen molar-refractivity contribution < 1.29 is 48.5 Å². The summed E-state index contributed by atoms with van der Waals surface area (Å²) in [4.78, 5) is 28.4. The van der Waals surface area contributed by atoms with E-state index >= 15 is 0 Å². The standard InChI is InChI=1S/C12H9N3O4S2.Na/c16-9-7(10-15(9)8(5-20-10)11(17)18)3-6-4-14-1-2-21(19)12(14)13-6;/h3-5,10H,1-2H2,(H,17,18);/q;+1/p-1/b7-3-;/t10-,21+;/m1./s1. The van der Waals surface area contributed by atoms with E-state index < -0.39 is 16.8 Å². The molecule has 10 heteroatoms. The van der Waals surface area contributed by atoms with Crippen LogP contribution in [0.15, 0.2) is 28.0 Å². The molecular formula is C12H8N3NaO4S2. The molecule has 1 amide bonds. The number of fused-ring (bicyclic) bond motifs is 2. The summed E-state index contributed by atoms with van der Waals surface area (Å²) in [6.45, 7) is 0.659. The first-order valence-electron chi connectivity index (χ1n) is 6.14. The minimum Gasteiger partial charge on any atom is -0.543 e. The van der Waals surface area contributed by atoms with Crippen molar-refractivity contribution in [2.24, 2.45) is 0 Å². The van der Waals surface area contributed by atoms with Gasteiger partial charge in [-0.05, 0) is 11.5 Å². The zero-order valence-corrected chi connectivity index (χ0v) is 15.1. The van der Waals surface area contributed by atoms with Crippen LogP contribution in [0.2, 0.25) is 0 Å². The third-order valence-corrected chi connectivity index (χ3v) is 5.90. The van der Waals surface area contributed by atoms with Gasteiger partial charge in [0, 0.05) is 18.5 Å². The minimum atomic E-state index is -1.35. The summed E-state index contributed by atoms with van der Waals surface area (Å²) in [5, 5.41) is 12.5. The quantitative estimate of drug-likeness (QED) is 0.307. The van der Waals surface area contributed by atoms with Crippen LogP contribution in [0.1, 0.15) is 5.69 Å². The Hall–Kier alpha value is -0.870. The van der Waals surface area contributed by atoms with Crippen molar-refractivity contribution in [1.29, 1.82) is 0 Å². The number of carbonyl (C=O) groups excluding carboxylic acids is 2. The van der Waals surface area contributed by atoms with Gasteiger partial charge in [-0.15, -0.1) is 11.8 Å². The number of nitrogens with zero attached hydrogens (tertiary/aromatic N) is 3. The van der Waals surface area contributed by atoms with Gasteiger partial charge in [-0.2, -0.15) is 0 Å². The maximum absolute atomic E-state index is 12.0. The summed E-state index contributed by atoms with van der Waals surface area (Å²) in [7, 11) is -1.08. The number of imidazole rings is 1. The Morgan fingerprint density at radius 3 is 3.00 bits per heavy atom. The molecule has 0 saturated carbocycles. The Balaban J connectivity index is 0.00000144. The van der Waals surface area contributed by atoms with Gasteiger partial charge in [-0.25, -0.2) is 4.98 Å². The van der Waals surface area contributed by atoms with E-state index in [0.717, 1.165) is 0 Å². The van der Waals surface area contributed by atoms with Crippen molar-refractivity contribution in [3.63, 3.8) is 0 Å². The predicted molar refractivity (Wildman–Crippen MR) is 72.8 cm³/mol. The summed E-state index contributed by atoms with van der Waals surface area (Å²) in [6, 6.07) is 0. The van der Waals surface area contributed by atoms with Gasteiger partial charge in [0.15, 0.2) is 5.16 Å². The van der Waals surface area contributed by atoms with Crippen LogP contribution in [-0.4, -0.2) is 41.7 Å². The molecule has 1 saturated heterocycles.